The van der Waals surface area contributed by atoms with Gasteiger partial charge in [-0.05, 0) is 11.8 Å². The van der Waals surface area contributed by atoms with E-state index < -0.39 is 6.10 Å². The fraction of sp³-hybridized carbons (Fsp3) is 0.917. The molecule has 0 aliphatic rings. The van der Waals surface area contributed by atoms with Gasteiger partial charge in [-0.3, -0.25) is 4.79 Å². The van der Waals surface area contributed by atoms with Crippen LogP contribution >= 0.6 is 0 Å². The molecule has 0 aromatic heterocycles. The predicted octanol–water partition coefficient (Wildman–Crippen LogP) is 1.33. The van der Waals surface area contributed by atoms with Crippen molar-refractivity contribution in [3.63, 3.8) is 0 Å². The summed E-state index contributed by atoms with van der Waals surface area (Å²) in [5, 5.41) is 12.1. The van der Waals surface area contributed by atoms with Gasteiger partial charge >= 0.3 is 0 Å². The van der Waals surface area contributed by atoms with Gasteiger partial charge in [0.15, 0.2) is 0 Å². The lowest BCUT2D eigenvalue weighted by atomic mass is 9.84. The maximum Gasteiger partial charge on any atom is 0.220 e. The summed E-state index contributed by atoms with van der Waals surface area (Å²) in [6.07, 6.45) is 1.98. The van der Waals surface area contributed by atoms with E-state index in [9.17, 15) is 9.90 Å². The number of methoxy groups -OCH3 is 1. The first-order valence-electron chi connectivity index (χ1n) is 5.85. The van der Waals surface area contributed by atoms with Crippen molar-refractivity contribution in [2.75, 3.05) is 20.3 Å². The van der Waals surface area contributed by atoms with Crippen molar-refractivity contribution in [1.29, 1.82) is 0 Å². The summed E-state index contributed by atoms with van der Waals surface area (Å²) in [6.45, 7) is 6.79. The van der Waals surface area contributed by atoms with E-state index in [0.717, 1.165) is 12.8 Å². The van der Waals surface area contributed by atoms with Gasteiger partial charge in [-0.1, -0.05) is 27.2 Å². The SMILES string of the molecule is CCCC(C)(C)CC(=O)NCC(O)COC. The van der Waals surface area contributed by atoms with Crippen molar-refractivity contribution in [3.05, 3.63) is 0 Å². The Bertz CT molecular complexity index is 204. The Labute approximate surface area is 98.4 Å². The minimum Gasteiger partial charge on any atom is -0.389 e. The van der Waals surface area contributed by atoms with Crippen LogP contribution in [0.5, 0.6) is 0 Å². The second-order valence-corrected chi connectivity index (χ2v) is 5.00. The molecule has 1 amide bonds. The van der Waals surface area contributed by atoms with Crippen LogP contribution in [0.3, 0.4) is 0 Å². The summed E-state index contributed by atoms with van der Waals surface area (Å²) in [7, 11) is 1.52. The molecule has 4 heteroatoms. The van der Waals surface area contributed by atoms with Crippen molar-refractivity contribution < 1.29 is 14.6 Å². The van der Waals surface area contributed by atoms with E-state index in [1.54, 1.807) is 0 Å². The second-order valence-electron chi connectivity index (χ2n) is 5.00. The molecule has 0 saturated heterocycles. The Morgan fingerprint density at radius 2 is 2.12 bits per heavy atom. The lowest BCUT2D eigenvalue weighted by Crippen LogP contribution is -2.36. The molecule has 0 aromatic rings. The summed E-state index contributed by atoms with van der Waals surface area (Å²) in [6, 6.07) is 0. The monoisotopic (exact) mass is 231 g/mol. The van der Waals surface area contributed by atoms with Gasteiger partial charge < -0.3 is 15.2 Å². The molecule has 0 fully saturated rings. The summed E-state index contributed by atoms with van der Waals surface area (Å²) < 4.78 is 4.77. The molecule has 0 aromatic carbocycles. The van der Waals surface area contributed by atoms with Crippen LogP contribution in [-0.4, -0.2) is 37.4 Å². The van der Waals surface area contributed by atoms with Gasteiger partial charge in [0, 0.05) is 20.1 Å². The highest BCUT2D eigenvalue weighted by molar-refractivity contribution is 5.76. The van der Waals surface area contributed by atoms with E-state index >= 15 is 0 Å². The van der Waals surface area contributed by atoms with E-state index in [-0.39, 0.29) is 24.5 Å². The van der Waals surface area contributed by atoms with Gasteiger partial charge in [0.05, 0.1) is 12.7 Å². The zero-order valence-corrected chi connectivity index (χ0v) is 10.9. The molecule has 0 heterocycles. The molecule has 0 radical (unpaired) electrons. The first kappa shape index (κ1) is 15.4. The summed E-state index contributed by atoms with van der Waals surface area (Å²) in [5.74, 6) is -0.00592. The lowest BCUT2D eigenvalue weighted by molar-refractivity contribution is -0.123. The fourth-order valence-electron chi connectivity index (χ4n) is 1.75. The van der Waals surface area contributed by atoms with Gasteiger partial charge in [-0.15, -0.1) is 0 Å². The molecule has 1 atom stereocenters. The molecule has 0 rings (SSSR count). The molecule has 4 nitrogen and oxygen atoms in total. The molecule has 1 unspecified atom stereocenters. The molecule has 0 aliphatic carbocycles. The Morgan fingerprint density at radius 1 is 1.50 bits per heavy atom. The fourth-order valence-corrected chi connectivity index (χ4v) is 1.75. The number of aliphatic hydroxyl groups is 1. The van der Waals surface area contributed by atoms with E-state index in [1.165, 1.54) is 7.11 Å². The molecule has 0 spiro atoms. The van der Waals surface area contributed by atoms with Crippen LogP contribution < -0.4 is 5.32 Å². The number of amides is 1. The third kappa shape index (κ3) is 7.65. The predicted molar refractivity (Wildman–Crippen MR) is 64.2 cm³/mol. The number of carbonyl (C=O) groups excluding carboxylic acids is 1. The molecule has 16 heavy (non-hydrogen) atoms. The highest BCUT2D eigenvalue weighted by Crippen LogP contribution is 2.26. The van der Waals surface area contributed by atoms with Crippen molar-refractivity contribution in [3.8, 4) is 0 Å². The number of aliphatic hydroxyl groups excluding tert-OH is 1. The smallest absolute Gasteiger partial charge is 0.220 e. The minimum absolute atomic E-state index is 0.00592. The van der Waals surface area contributed by atoms with Gasteiger partial charge in [0.1, 0.15) is 0 Å². The molecule has 0 bridgehead atoms. The maximum absolute atomic E-state index is 11.6. The number of rotatable bonds is 8. The van der Waals surface area contributed by atoms with Gasteiger partial charge in [0.25, 0.3) is 0 Å². The quantitative estimate of drug-likeness (QED) is 0.662. The average Bonchev–Trinajstić information content (AvgIpc) is 2.14. The van der Waals surface area contributed by atoms with Gasteiger partial charge in [-0.2, -0.15) is 0 Å². The standard InChI is InChI=1S/C12H25NO3/c1-5-6-12(2,3)7-11(15)13-8-10(14)9-16-4/h10,14H,5-9H2,1-4H3,(H,13,15). The van der Waals surface area contributed by atoms with Gasteiger partial charge in [0.2, 0.25) is 5.91 Å². The van der Waals surface area contributed by atoms with Crippen LogP contribution in [-0.2, 0) is 9.53 Å². The van der Waals surface area contributed by atoms with Crippen molar-refractivity contribution >= 4 is 5.91 Å². The van der Waals surface area contributed by atoms with Crippen molar-refractivity contribution in [1.82, 2.24) is 5.32 Å². The number of carbonyl (C=O) groups is 1. The normalized spacial score (nSPS) is 13.6. The van der Waals surface area contributed by atoms with Gasteiger partial charge in [-0.25, -0.2) is 0 Å². The first-order valence-corrected chi connectivity index (χ1v) is 5.85. The van der Waals surface area contributed by atoms with Crippen LogP contribution in [0.4, 0.5) is 0 Å². The summed E-state index contributed by atoms with van der Waals surface area (Å²) in [5.41, 5.74) is 0.0328. The van der Waals surface area contributed by atoms with Crippen LogP contribution in [0.15, 0.2) is 0 Å². The Balaban J connectivity index is 3.81. The molecular formula is C12H25NO3. The maximum atomic E-state index is 11.6. The van der Waals surface area contributed by atoms with E-state index in [2.05, 4.69) is 26.1 Å². The second kappa shape index (κ2) is 7.63. The number of nitrogens with one attached hydrogen (secondary N) is 1. The minimum atomic E-state index is -0.622. The topological polar surface area (TPSA) is 58.6 Å². The third-order valence-electron chi connectivity index (χ3n) is 2.46. The average molecular weight is 231 g/mol. The highest BCUT2D eigenvalue weighted by atomic mass is 16.5. The van der Waals surface area contributed by atoms with Crippen LogP contribution in [0.2, 0.25) is 0 Å². The van der Waals surface area contributed by atoms with Crippen molar-refractivity contribution in [2.24, 2.45) is 5.41 Å². The number of ether oxygens (including phenoxy) is 1. The van der Waals surface area contributed by atoms with E-state index in [1.807, 2.05) is 0 Å². The highest BCUT2D eigenvalue weighted by Gasteiger charge is 2.21. The number of hydrogen-bond donors (Lipinski definition) is 2. The summed E-state index contributed by atoms with van der Waals surface area (Å²) >= 11 is 0. The Morgan fingerprint density at radius 3 is 2.62 bits per heavy atom. The molecule has 2 N–H and O–H groups in total. The van der Waals surface area contributed by atoms with E-state index in [0.29, 0.717) is 6.42 Å². The molecule has 96 valence electrons. The lowest BCUT2D eigenvalue weighted by Gasteiger charge is -2.23. The zero-order valence-electron chi connectivity index (χ0n) is 10.9. The van der Waals surface area contributed by atoms with Crippen LogP contribution in [0.25, 0.3) is 0 Å². The first-order chi connectivity index (χ1) is 7.41. The Kier molecular flexibility index (Phi) is 7.34. The van der Waals surface area contributed by atoms with Crippen LogP contribution in [0, 0.1) is 5.41 Å². The van der Waals surface area contributed by atoms with Crippen LogP contribution in [0.1, 0.15) is 40.0 Å². The Hall–Kier alpha value is -0.610. The number of hydrogen-bond acceptors (Lipinski definition) is 3. The largest absolute Gasteiger partial charge is 0.389 e. The molecule has 0 aliphatic heterocycles. The molecular weight excluding hydrogens is 206 g/mol. The third-order valence-corrected chi connectivity index (χ3v) is 2.46. The zero-order chi connectivity index (χ0) is 12.6. The molecule has 0 saturated carbocycles. The summed E-state index contributed by atoms with van der Waals surface area (Å²) in [4.78, 5) is 11.6. The van der Waals surface area contributed by atoms with Crippen molar-refractivity contribution in [2.45, 2.75) is 46.1 Å². The van der Waals surface area contributed by atoms with E-state index in [4.69, 9.17) is 4.74 Å².